The molecule has 3 amide bonds. The van der Waals surface area contributed by atoms with Crippen LogP contribution in [0.2, 0.25) is 0 Å². The van der Waals surface area contributed by atoms with Gasteiger partial charge in [0.2, 0.25) is 0 Å². The first-order valence-corrected chi connectivity index (χ1v) is 5.75. The molecule has 1 aliphatic rings. The van der Waals surface area contributed by atoms with Gasteiger partial charge in [0.15, 0.2) is 0 Å². The molecule has 1 heterocycles. The van der Waals surface area contributed by atoms with Crippen molar-refractivity contribution in [2.75, 3.05) is 0 Å². The van der Waals surface area contributed by atoms with Crippen LogP contribution in [0.4, 0.5) is 18.4 Å². The highest BCUT2D eigenvalue weighted by molar-refractivity contribution is 5.93. The van der Waals surface area contributed by atoms with E-state index in [1.807, 2.05) is 0 Å². The maximum absolute atomic E-state index is 13.3. The number of halogens is 2. The molecular weight excluding hydrogens is 284 g/mol. The fraction of sp³-hybridized carbons (Fsp3) is 0.154. The van der Waals surface area contributed by atoms with E-state index >= 15 is 0 Å². The van der Waals surface area contributed by atoms with Crippen LogP contribution in [0.15, 0.2) is 29.5 Å². The van der Waals surface area contributed by atoms with Gasteiger partial charge in [0.05, 0.1) is 11.6 Å². The van der Waals surface area contributed by atoms with Gasteiger partial charge in [-0.15, -0.1) is 0 Å². The van der Waals surface area contributed by atoms with Gasteiger partial charge in [-0.1, -0.05) is 0 Å². The Morgan fingerprint density at radius 2 is 1.95 bits per heavy atom. The Morgan fingerprint density at radius 3 is 2.43 bits per heavy atom. The average molecular weight is 293 g/mol. The number of carboxylic acid groups (broad SMARTS) is 1. The molecular formula is C13H9F2N3O3. The van der Waals surface area contributed by atoms with E-state index in [2.05, 4.69) is 5.32 Å². The smallest absolute Gasteiger partial charge is 0.416 e. The average Bonchev–Trinajstić information content (AvgIpc) is 2.36. The Kier molecular flexibility index (Phi) is 3.58. The normalized spacial score (nSPS) is 18.3. The van der Waals surface area contributed by atoms with Gasteiger partial charge in [-0.2, -0.15) is 5.26 Å². The van der Waals surface area contributed by atoms with Crippen LogP contribution in [-0.2, 0) is 0 Å². The number of benzene rings is 1. The van der Waals surface area contributed by atoms with Gasteiger partial charge in [-0.3, -0.25) is 0 Å². The quantitative estimate of drug-likeness (QED) is 0.831. The van der Waals surface area contributed by atoms with Crippen molar-refractivity contribution in [2.45, 2.75) is 13.0 Å². The van der Waals surface area contributed by atoms with Gasteiger partial charge in [-0.25, -0.2) is 23.3 Å². The van der Waals surface area contributed by atoms with Gasteiger partial charge in [-0.05, 0) is 24.6 Å². The standard InChI is InChI=1S/C13H9F2N3O3/c1-6-10(5-16)11(18(13(20)21)12(19)17-6)7-2-8(14)4-9(15)3-7/h2-4,11H,1H3,(H,17,19)(H,20,21). The number of imide groups is 1. The van der Waals surface area contributed by atoms with Gasteiger partial charge in [0, 0.05) is 11.8 Å². The number of nitriles is 1. The Bertz CT molecular complexity index is 689. The van der Waals surface area contributed by atoms with E-state index in [0.717, 1.165) is 12.1 Å². The summed E-state index contributed by atoms with van der Waals surface area (Å²) in [5.74, 6) is -1.87. The third kappa shape index (κ3) is 2.53. The number of amides is 3. The highest BCUT2D eigenvalue weighted by Gasteiger charge is 2.39. The number of hydrogen-bond acceptors (Lipinski definition) is 3. The van der Waals surface area contributed by atoms with E-state index in [-0.39, 0.29) is 16.8 Å². The van der Waals surface area contributed by atoms with Crippen LogP contribution in [0.5, 0.6) is 0 Å². The van der Waals surface area contributed by atoms with Crippen molar-refractivity contribution in [2.24, 2.45) is 0 Å². The molecule has 1 aromatic rings. The summed E-state index contributed by atoms with van der Waals surface area (Å²) >= 11 is 0. The van der Waals surface area contributed by atoms with E-state index in [1.54, 1.807) is 6.07 Å². The fourth-order valence-corrected chi connectivity index (χ4v) is 2.13. The van der Waals surface area contributed by atoms with Crippen molar-refractivity contribution < 1.29 is 23.5 Å². The van der Waals surface area contributed by atoms with Crippen molar-refractivity contribution in [1.29, 1.82) is 5.26 Å². The monoisotopic (exact) mass is 293 g/mol. The molecule has 1 atom stereocenters. The molecule has 1 aromatic carbocycles. The summed E-state index contributed by atoms with van der Waals surface area (Å²) in [6, 6.07) is 1.75. The summed E-state index contributed by atoms with van der Waals surface area (Å²) in [6.07, 6.45) is -1.64. The lowest BCUT2D eigenvalue weighted by Crippen LogP contribution is -2.49. The van der Waals surface area contributed by atoms with E-state index < -0.39 is 29.8 Å². The molecule has 0 radical (unpaired) electrons. The minimum atomic E-state index is -1.64. The van der Waals surface area contributed by atoms with Crippen LogP contribution in [0.1, 0.15) is 18.5 Å². The maximum Gasteiger partial charge on any atom is 0.416 e. The second-order valence-corrected chi connectivity index (χ2v) is 4.34. The Balaban J connectivity index is 2.68. The van der Waals surface area contributed by atoms with Crippen molar-refractivity contribution >= 4 is 12.1 Å². The second kappa shape index (κ2) is 5.20. The number of carbonyl (C=O) groups excluding carboxylic acids is 1. The van der Waals surface area contributed by atoms with Gasteiger partial charge in [0.1, 0.15) is 17.7 Å². The summed E-state index contributed by atoms with van der Waals surface area (Å²) in [6.45, 7) is 1.40. The van der Waals surface area contributed by atoms with Crippen molar-refractivity contribution in [3.05, 3.63) is 46.7 Å². The number of urea groups is 1. The first kappa shape index (κ1) is 14.5. The first-order valence-electron chi connectivity index (χ1n) is 5.75. The summed E-state index contributed by atoms with van der Waals surface area (Å²) in [7, 11) is 0. The highest BCUT2D eigenvalue weighted by Crippen LogP contribution is 2.33. The number of carbonyl (C=O) groups is 2. The van der Waals surface area contributed by atoms with Gasteiger partial charge < -0.3 is 10.4 Å². The molecule has 1 unspecified atom stereocenters. The van der Waals surface area contributed by atoms with Crippen LogP contribution < -0.4 is 5.32 Å². The molecule has 108 valence electrons. The van der Waals surface area contributed by atoms with Crippen molar-refractivity contribution in [3.63, 3.8) is 0 Å². The molecule has 2 N–H and O–H groups in total. The lowest BCUT2D eigenvalue weighted by atomic mass is 9.95. The Hall–Kier alpha value is -2.95. The summed E-state index contributed by atoms with van der Waals surface area (Å²) in [5, 5.41) is 20.5. The van der Waals surface area contributed by atoms with Gasteiger partial charge >= 0.3 is 12.1 Å². The van der Waals surface area contributed by atoms with E-state index in [4.69, 9.17) is 10.4 Å². The van der Waals surface area contributed by atoms with Crippen LogP contribution in [0, 0.1) is 23.0 Å². The number of rotatable bonds is 1. The highest BCUT2D eigenvalue weighted by atomic mass is 19.1. The topological polar surface area (TPSA) is 93.4 Å². The predicted molar refractivity (Wildman–Crippen MR) is 65.8 cm³/mol. The summed E-state index contributed by atoms with van der Waals surface area (Å²) < 4.78 is 26.7. The first-order chi connectivity index (χ1) is 9.85. The van der Waals surface area contributed by atoms with E-state index in [0.29, 0.717) is 11.0 Å². The summed E-state index contributed by atoms with van der Waals surface area (Å²) in [4.78, 5) is 23.3. The van der Waals surface area contributed by atoms with Crippen LogP contribution in [0.3, 0.4) is 0 Å². The second-order valence-electron chi connectivity index (χ2n) is 4.34. The largest absolute Gasteiger partial charge is 0.465 e. The molecule has 0 aliphatic carbocycles. The fourth-order valence-electron chi connectivity index (χ4n) is 2.13. The number of hydrogen-bond donors (Lipinski definition) is 2. The molecule has 21 heavy (non-hydrogen) atoms. The predicted octanol–water partition coefficient (Wildman–Crippen LogP) is 2.51. The third-order valence-electron chi connectivity index (χ3n) is 2.98. The van der Waals surface area contributed by atoms with E-state index in [1.165, 1.54) is 6.92 Å². The molecule has 0 aromatic heterocycles. The molecule has 0 spiro atoms. The molecule has 0 fully saturated rings. The molecule has 0 saturated heterocycles. The Labute approximate surface area is 117 Å². The number of allylic oxidation sites excluding steroid dienone is 1. The van der Waals surface area contributed by atoms with Crippen LogP contribution in [-0.4, -0.2) is 22.1 Å². The van der Waals surface area contributed by atoms with Gasteiger partial charge in [0.25, 0.3) is 0 Å². The minimum Gasteiger partial charge on any atom is -0.465 e. The molecule has 0 saturated carbocycles. The Morgan fingerprint density at radius 1 is 1.38 bits per heavy atom. The lowest BCUT2D eigenvalue weighted by Gasteiger charge is -2.32. The lowest BCUT2D eigenvalue weighted by molar-refractivity contribution is 0.135. The van der Waals surface area contributed by atoms with Crippen molar-refractivity contribution in [3.8, 4) is 6.07 Å². The molecule has 0 bridgehead atoms. The molecule has 1 aliphatic heterocycles. The minimum absolute atomic E-state index is 0.109. The van der Waals surface area contributed by atoms with Crippen LogP contribution >= 0.6 is 0 Å². The zero-order chi connectivity index (χ0) is 15.7. The SMILES string of the molecule is CC1=C(C#N)C(c2cc(F)cc(F)c2)N(C(=O)O)C(=O)N1. The zero-order valence-electron chi connectivity index (χ0n) is 10.7. The number of nitrogens with zero attached hydrogens (tertiary/aromatic N) is 2. The molecule has 8 heteroatoms. The van der Waals surface area contributed by atoms with Crippen LogP contribution in [0.25, 0.3) is 0 Å². The maximum atomic E-state index is 13.3. The van der Waals surface area contributed by atoms with E-state index in [9.17, 15) is 18.4 Å². The zero-order valence-corrected chi connectivity index (χ0v) is 10.7. The third-order valence-corrected chi connectivity index (χ3v) is 2.98. The molecule has 6 nitrogen and oxygen atoms in total. The number of nitrogens with one attached hydrogen (secondary N) is 1. The molecule has 2 rings (SSSR count). The summed E-state index contributed by atoms with van der Waals surface area (Å²) in [5.41, 5.74) is -0.114. The van der Waals surface area contributed by atoms with Crippen molar-refractivity contribution in [1.82, 2.24) is 10.2 Å².